The molecule has 0 bridgehead atoms. The van der Waals surface area contributed by atoms with Gasteiger partial charge in [0.25, 0.3) is 5.91 Å². The maximum absolute atomic E-state index is 14.0. The lowest BCUT2D eigenvalue weighted by Crippen LogP contribution is -2.53. The van der Waals surface area contributed by atoms with Crippen LogP contribution >= 0.6 is 11.6 Å². The number of anilines is 1. The van der Waals surface area contributed by atoms with Crippen molar-refractivity contribution in [3.8, 4) is 5.75 Å². The van der Waals surface area contributed by atoms with Crippen LogP contribution < -0.4 is 16.4 Å². The number of carbonyl (C=O) groups excluding carboxylic acids is 4. The summed E-state index contributed by atoms with van der Waals surface area (Å²) in [6.45, 7) is 10.5. The molecule has 2 aromatic carbocycles. The van der Waals surface area contributed by atoms with Crippen LogP contribution in [0.2, 0.25) is 5.02 Å². The molecule has 0 radical (unpaired) electrons. The van der Waals surface area contributed by atoms with Crippen LogP contribution in [0.1, 0.15) is 69.7 Å². The molecule has 0 aliphatic heterocycles. The Morgan fingerprint density at radius 1 is 1.10 bits per heavy atom. The second kappa shape index (κ2) is 14.0. The molecule has 2 rings (SSSR count). The summed E-state index contributed by atoms with van der Waals surface area (Å²) in [5.74, 6) is -2.06. The number of nitrogens with two attached hydrogens (primary N) is 1. The number of benzene rings is 2. The fourth-order valence-electron chi connectivity index (χ4n) is 4.05. The fraction of sp³-hybridized carbons (Fsp3) is 0.448. The van der Waals surface area contributed by atoms with E-state index in [1.807, 2.05) is 6.92 Å². The molecule has 0 spiro atoms. The molecule has 0 saturated carbocycles. The summed E-state index contributed by atoms with van der Waals surface area (Å²) in [5.41, 5.74) is 6.58. The third kappa shape index (κ3) is 9.15. The lowest BCUT2D eigenvalue weighted by atomic mass is 9.99. The summed E-state index contributed by atoms with van der Waals surface area (Å²) in [5, 5.41) is 15.7. The van der Waals surface area contributed by atoms with Gasteiger partial charge in [0.05, 0.1) is 17.1 Å². The zero-order valence-corrected chi connectivity index (χ0v) is 24.6. The molecule has 2 unspecified atom stereocenters. The van der Waals surface area contributed by atoms with Crippen molar-refractivity contribution in [1.29, 1.82) is 0 Å². The Kier molecular flexibility index (Phi) is 11.4. The van der Waals surface area contributed by atoms with Crippen LogP contribution in [-0.2, 0) is 19.1 Å². The first-order chi connectivity index (χ1) is 18.6. The molecule has 0 aliphatic rings. The number of amides is 4. The fourth-order valence-corrected chi connectivity index (χ4v) is 4.32. The Morgan fingerprint density at radius 2 is 1.77 bits per heavy atom. The Morgan fingerprint density at radius 3 is 2.33 bits per heavy atom. The van der Waals surface area contributed by atoms with Crippen molar-refractivity contribution in [2.75, 3.05) is 11.9 Å². The van der Waals surface area contributed by atoms with Gasteiger partial charge in [-0.15, -0.1) is 0 Å². The van der Waals surface area contributed by atoms with Crippen molar-refractivity contribution in [1.82, 2.24) is 10.2 Å². The van der Waals surface area contributed by atoms with Gasteiger partial charge in [0.1, 0.15) is 23.4 Å². The maximum atomic E-state index is 14.0. The number of phenols is 1. The van der Waals surface area contributed by atoms with Crippen LogP contribution in [0.25, 0.3) is 0 Å². The molecule has 2 aromatic rings. The zero-order chi connectivity index (χ0) is 30.2. The first-order valence-corrected chi connectivity index (χ1v) is 13.5. The molecule has 218 valence electrons. The van der Waals surface area contributed by atoms with E-state index in [-0.39, 0.29) is 12.3 Å². The van der Waals surface area contributed by atoms with Gasteiger partial charge < -0.3 is 31.1 Å². The molecule has 11 heteroatoms. The lowest BCUT2D eigenvalue weighted by Gasteiger charge is -2.34. The molecule has 0 fully saturated rings. The smallest absolute Gasteiger partial charge is 0.408 e. The Hall–Kier alpha value is -3.79. The topological polar surface area (TPSA) is 151 Å². The van der Waals surface area contributed by atoms with E-state index in [4.69, 9.17) is 22.1 Å². The van der Waals surface area contributed by atoms with Crippen molar-refractivity contribution in [2.24, 2.45) is 5.73 Å². The standard InChI is InChI=1S/C29H39ClN4O6/c1-7-8-14-34(27(38)21(16-23(31)36)32-28(39)40-29(4,5)6)25(19-12-13-22(35)18(3)15-19)26(37)33-24-17(2)10-9-11-20(24)30/h9-13,15,21,25,35H,7-8,14,16H2,1-6H3,(H2,31,36)(H,32,39)(H,33,37). The number of nitrogens with one attached hydrogen (secondary N) is 2. The highest BCUT2D eigenvalue weighted by atomic mass is 35.5. The number of nitrogens with zero attached hydrogens (tertiary/aromatic N) is 1. The number of halogens is 1. The van der Waals surface area contributed by atoms with Gasteiger partial charge >= 0.3 is 6.09 Å². The average molecular weight is 575 g/mol. The molecule has 0 saturated heterocycles. The molecule has 4 amide bonds. The summed E-state index contributed by atoms with van der Waals surface area (Å²) in [6.07, 6.45) is -0.201. The summed E-state index contributed by atoms with van der Waals surface area (Å²) in [4.78, 5) is 53.8. The molecular formula is C29H39ClN4O6. The summed E-state index contributed by atoms with van der Waals surface area (Å²) >= 11 is 6.37. The molecule has 5 N–H and O–H groups in total. The number of aromatic hydroxyl groups is 1. The number of phenolic OH excluding ortho intramolecular Hbond substituents is 1. The van der Waals surface area contributed by atoms with E-state index in [0.717, 1.165) is 0 Å². The average Bonchev–Trinajstić information content (AvgIpc) is 2.83. The Bertz CT molecular complexity index is 1220. The van der Waals surface area contributed by atoms with E-state index < -0.39 is 47.9 Å². The van der Waals surface area contributed by atoms with Crippen LogP contribution in [0.3, 0.4) is 0 Å². The van der Waals surface area contributed by atoms with Gasteiger partial charge in [-0.05, 0) is 75.9 Å². The minimum absolute atomic E-state index is 0.0227. The third-order valence-electron chi connectivity index (χ3n) is 6.00. The second-order valence-corrected chi connectivity index (χ2v) is 11.0. The highest BCUT2D eigenvalue weighted by molar-refractivity contribution is 6.34. The number of para-hydroxylation sites is 1. The SMILES string of the molecule is CCCCN(C(=O)C(CC(N)=O)NC(=O)OC(C)(C)C)C(C(=O)Nc1c(C)cccc1Cl)c1ccc(O)c(C)c1. The molecule has 40 heavy (non-hydrogen) atoms. The van der Waals surface area contributed by atoms with Crippen molar-refractivity contribution in [2.45, 2.75) is 78.5 Å². The number of unbranched alkanes of at least 4 members (excludes halogenated alkanes) is 1. The quantitative estimate of drug-likeness (QED) is 0.304. The monoisotopic (exact) mass is 574 g/mol. The van der Waals surface area contributed by atoms with E-state index in [0.29, 0.717) is 40.2 Å². The van der Waals surface area contributed by atoms with Gasteiger partial charge in [-0.1, -0.05) is 43.1 Å². The van der Waals surface area contributed by atoms with Crippen LogP contribution in [-0.4, -0.2) is 52.0 Å². The van der Waals surface area contributed by atoms with Crippen LogP contribution in [0.15, 0.2) is 36.4 Å². The van der Waals surface area contributed by atoms with Crippen molar-refractivity contribution in [3.05, 3.63) is 58.1 Å². The van der Waals surface area contributed by atoms with E-state index in [1.165, 1.54) is 11.0 Å². The van der Waals surface area contributed by atoms with Crippen LogP contribution in [0.5, 0.6) is 5.75 Å². The number of carbonyl (C=O) groups is 4. The minimum atomic E-state index is -1.39. The minimum Gasteiger partial charge on any atom is -0.508 e. The number of primary amides is 1. The van der Waals surface area contributed by atoms with Gasteiger partial charge in [-0.2, -0.15) is 0 Å². The van der Waals surface area contributed by atoms with Crippen LogP contribution in [0.4, 0.5) is 10.5 Å². The maximum Gasteiger partial charge on any atom is 0.408 e. The predicted octanol–water partition coefficient (Wildman–Crippen LogP) is 4.74. The van der Waals surface area contributed by atoms with E-state index >= 15 is 0 Å². The molecule has 0 aliphatic carbocycles. The Labute approximate surface area is 240 Å². The van der Waals surface area contributed by atoms with Crippen molar-refractivity contribution in [3.63, 3.8) is 0 Å². The summed E-state index contributed by atoms with van der Waals surface area (Å²) < 4.78 is 5.29. The Balaban J connectivity index is 2.61. The molecule has 2 atom stereocenters. The molecular weight excluding hydrogens is 536 g/mol. The number of hydrogen-bond acceptors (Lipinski definition) is 6. The highest BCUT2D eigenvalue weighted by Gasteiger charge is 2.37. The first kappa shape index (κ1) is 32.4. The van der Waals surface area contributed by atoms with Crippen molar-refractivity contribution < 1.29 is 29.0 Å². The van der Waals surface area contributed by atoms with Gasteiger partial charge in [-0.3, -0.25) is 14.4 Å². The molecule has 10 nitrogen and oxygen atoms in total. The van der Waals surface area contributed by atoms with Gasteiger partial charge in [0.15, 0.2) is 0 Å². The van der Waals surface area contributed by atoms with Crippen LogP contribution in [0, 0.1) is 13.8 Å². The van der Waals surface area contributed by atoms with Gasteiger partial charge in [-0.25, -0.2) is 4.79 Å². The highest BCUT2D eigenvalue weighted by Crippen LogP contribution is 2.31. The number of ether oxygens (including phenoxy) is 1. The molecule has 0 heterocycles. The number of rotatable bonds is 11. The number of aryl methyl sites for hydroxylation is 2. The summed E-state index contributed by atoms with van der Waals surface area (Å²) in [6, 6.07) is 7.17. The molecule has 0 aromatic heterocycles. The summed E-state index contributed by atoms with van der Waals surface area (Å²) in [7, 11) is 0. The van der Waals surface area contributed by atoms with E-state index in [1.54, 1.807) is 65.0 Å². The first-order valence-electron chi connectivity index (χ1n) is 13.1. The number of hydrogen-bond donors (Lipinski definition) is 4. The van der Waals surface area contributed by atoms with Gasteiger partial charge in [0, 0.05) is 6.54 Å². The lowest BCUT2D eigenvalue weighted by molar-refractivity contribution is -0.142. The largest absolute Gasteiger partial charge is 0.508 e. The van der Waals surface area contributed by atoms with Gasteiger partial charge in [0.2, 0.25) is 11.8 Å². The predicted molar refractivity (Wildman–Crippen MR) is 154 cm³/mol. The van der Waals surface area contributed by atoms with E-state index in [2.05, 4.69) is 10.6 Å². The van der Waals surface area contributed by atoms with E-state index in [9.17, 15) is 24.3 Å². The third-order valence-corrected chi connectivity index (χ3v) is 6.31. The zero-order valence-electron chi connectivity index (χ0n) is 23.8. The second-order valence-electron chi connectivity index (χ2n) is 10.6. The van der Waals surface area contributed by atoms with Crippen molar-refractivity contribution >= 4 is 41.1 Å². The number of alkyl carbamates (subject to hydrolysis) is 1. The normalized spacial score (nSPS) is 12.7.